The lowest BCUT2D eigenvalue weighted by Crippen LogP contribution is -2.30. The molecule has 1 aliphatic rings. The van der Waals surface area contributed by atoms with Crippen LogP contribution in [-0.2, 0) is 15.6 Å². The molecule has 1 amide bonds. The molecule has 5 nitrogen and oxygen atoms in total. The van der Waals surface area contributed by atoms with Gasteiger partial charge in [-0.3, -0.25) is 10.0 Å². The highest BCUT2D eigenvalue weighted by Crippen LogP contribution is 2.41. The Hall–Kier alpha value is -1.79. The van der Waals surface area contributed by atoms with Crippen molar-refractivity contribution in [3.63, 3.8) is 0 Å². The molecule has 2 rings (SSSR count). The van der Waals surface area contributed by atoms with Crippen LogP contribution < -0.4 is 0 Å². The molecule has 0 aromatic heterocycles. The summed E-state index contributed by atoms with van der Waals surface area (Å²) in [7, 11) is 0. The van der Waals surface area contributed by atoms with Gasteiger partial charge in [0.1, 0.15) is 5.75 Å². The lowest BCUT2D eigenvalue weighted by molar-refractivity contribution is -0.113. The van der Waals surface area contributed by atoms with Crippen molar-refractivity contribution in [3.8, 4) is 5.75 Å². The number of hydrogen-bond acceptors (Lipinski definition) is 5. The molecule has 0 spiro atoms. The van der Waals surface area contributed by atoms with Crippen molar-refractivity contribution in [3.05, 3.63) is 33.7 Å². The number of aromatic hydroxyl groups is 1. The van der Waals surface area contributed by atoms with Crippen LogP contribution in [0.4, 0.5) is 0 Å². The smallest absolute Gasteiger partial charge is 0.286 e. The Bertz CT molecular complexity index is 777. The fourth-order valence-electron chi connectivity index (χ4n) is 2.75. The molecule has 0 saturated heterocycles. The number of thioether (sulfide) groups is 1. The molecule has 0 bridgehead atoms. The molecule has 0 aliphatic carbocycles. The molecule has 6 heteroatoms. The maximum absolute atomic E-state index is 12.3. The number of aliphatic imine (C=N–C) groups is 1. The van der Waals surface area contributed by atoms with E-state index in [2.05, 4.69) is 4.99 Å². The quantitative estimate of drug-likeness (QED) is 0.546. The summed E-state index contributed by atoms with van der Waals surface area (Å²) in [6, 6.07) is 3.67. The van der Waals surface area contributed by atoms with E-state index in [4.69, 9.17) is 0 Å². The van der Waals surface area contributed by atoms with Crippen LogP contribution in [0, 0.1) is 0 Å². The topological polar surface area (TPSA) is 73.1 Å². The minimum Gasteiger partial charge on any atom is -0.507 e. The van der Waals surface area contributed by atoms with Gasteiger partial charge in [-0.25, -0.2) is 5.06 Å². The summed E-state index contributed by atoms with van der Waals surface area (Å²) in [5.74, 6) is -0.0572. The zero-order valence-corrected chi connectivity index (χ0v) is 18.2. The van der Waals surface area contributed by atoms with E-state index >= 15 is 0 Å². The number of rotatable bonds is 2. The standard InChI is InChI=1S/C21H30N2O3S/c1-12(2)23(26)19-22-18(25)16(27-19)11-13-9-14(20(3,4)5)17(24)15(10-13)21(6,7)8/h9-12,24,26H,1-8H3. The number of carbonyl (C=O) groups excluding carboxylic acids is 1. The minimum absolute atomic E-state index is 0.169. The van der Waals surface area contributed by atoms with Gasteiger partial charge < -0.3 is 5.11 Å². The van der Waals surface area contributed by atoms with Crippen molar-refractivity contribution in [1.29, 1.82) is 0 Å². The first kappa shape index (κ1) is 21.5. The molecule has 0 fully saturated rings. The Morgan fingerprint density at radius 2 is 1.56 bits per heavy atom. The van der Waals surface area contributed by atoms with Gasteiger partial charge in [0.05, 0.1) is 10.9 Å². The molecule has 1 aliphatic heterocycles. The van der Waals surface area contributed by atoms with Gasteiger partial charge in [0.15, 0.2) is 5.17 Å². The third kappa shape index (κ3) is 4.74. The highest BCUT2D eigenvalue weighted by atomic mass is 32.2. The second-order valence-electron chi connectivity index (χ2n) is 9.21. The average Bonchev–Trinajstić information content (AvgIpc) is 2.86. The molecule has 0 unspecified atom stereocenters. The summed E-state index contributed by atoms with van der Waals surface area (Å²) >= 11 is 1.16. The van der Waals surface area contributed by atoms with Crippen molar-refractivity contribution < 1.29 is 15.1 Å². The third-order valence-electron chi connectivity index (χ3n) is 4.34. The van der Waals surface area contributed by atoms with Gasteiger partial charge in [0.25, 0.3) is 5.91 Å². The van der Waals surface area contributed by atoms with Gasteiger partial charge in [-0.05, 0) is 60.2 Å². The van der Waals surface area contributed by atoms with Crippen LogP contribution in [0.5, 0.6) is 5.75 Å². The Labute approximate surface area is 166 Å². The van der Waals surface area contributed by atoms with E-state index in [9.17, 15) is 15.1 Å². The van der Waals surface area contributed by atoms with Crippen LogP contribution in [0.25, 0.3) is 6.08 Å². The molecule has 0 radical (unpaired) electrons. The number of nitrogens with zero attached hydrogens (tertiary/aromatic N) is 2. The van der Waals surface area contributed by atoms with Crippen molar-refractivity contribution in [2.75, 3.05) is 0 Å². The number of amides is 1. The van der Waals surface area contributed by atoms with E-state index in [0.717, 1.165) is 33.5 Å². The first-order chi connectivity index (χ1) is 12.2. The SMILES string of the molecule is CC(C)N(O)C1=NC(=O)C(=Cc2cc(C(C)(C)C)c(O)c(C(C)(C)C)c2)S1. The van der Waals surface area contributed by atoms with Crippen LogP contribution >= 0.6 is 11.8 Å². The molecule has 148 valence electrons. The Balaban J connectivity index is 2.51. The Morgan fingerprint density at radius 3 is 1.96 bits per heavy atom. The maximum atomic E-state index is 12.3. The zero-order chi connectivity index (χ0) is 20.7. The van der Waals surface area contributed by atoms with Gasteiger partial charge in [-0.15, -0.1) is 0 Å². The summed E-state index contributed by atoms with van der Waals surface area (Å²) in [5, 5.41) is 22.1. The van der Waals surface area contributed by atoms with E-state index in [1.165, 1.54) is 0 Å². The first-order valence-corrected chi connectivity index (χ1v) is 9.92. The number of carbonyl (C=O) groups is 1. The van der Waals surface area contributed by atoms with Gasteiger partial charge in [0.2, 0.25) is 0 Å². The van der Waals surface area contributed by atoms with Crippen molar-refractivity contribution in [2.24, 2.45) is 4.99 Å². The first-order valence-electron chi connectivity index (χ1n) is 9.10. The van der Waals surface area contributed by atoms with E-state index < -0.39 is 0 Å². The lowest BCUT2D eigenvalue weighted by atomic mass is 9.78. The van der Waals surface area contributed by atoms with Crippen LogP contribution in [0.2, 0.25) is 0 Å². The normalized spacial score (nSPS) is 17.0. The number of amidine groups is 1. The fourth-order valence-corrected chi connectivity index (χ4v) is 3.71. The Kier molecular flexibility index (Phi) is 5.83. The highest BCUT2D eigenvalue weighted by Gasteiger charge is 2.29. The number of phenols is 1. The zero-order valence-electron chi connectivity index (χ0n) is 17.4. The fraction of sp³-hybridized carbons (Fsp3) is 0.524. The minimum atomic E-state index is -0.364. The van der Waals surface area contributed by atoms with Crippen molar-refractivity contribution in [2.45, 2.75) is 72.3 Å². The second-order valence-corrected chi connectivity index (χ2v) is 10.2. The molecule has 0 saturated carbocycles. The summed E-state index contributed by atoms with van der Waals surface area (Å²) in [6.07, 6.45) is 1.78. The molecule has 2 N–H and O–H groups in total. The summed E-state index contributed by atoms with van der Waals surface area (Å²) in [5.41, 5.74) is 2.02. The number of benzene rings is 1. The number of phenolic OH excluding ortho intramolecular Hbond substituents is 1. The number of hydrogen-bond donors (Lipinski definition) is 2. The third-order valence-corrected chi connectivity index (χ3v) is 5.31. The van der Waals surface area contributed by atoms with Crippen LogP contribution in [0.3, 0.4) is 0 Å². The predicted molar refractivity (Wildman–Crippen MR) is 112 cm³/mol. The van der Waals surface area contributed by atoms with Gasteiger partial charge in [-0.1, -0.05) is 41.5 Å². The number of hydroxylamine groups is 2. The second kappa shape index (κ2) is 7.32. The molecule has 1 heterocycles. The summed E-state index contributed by atoms with van der Waals surface area (Å²) in [4.78, 5) is 16.7. The van der Waals surface area contributed by atoms with Gasteiger partial charge in [0, 0.05) is 11.1 Å². The summed E-state index contributed by atoms with van der Waals surface area (Å²) in [6.45, 7) is 15.9. The van der Waals surface area contributed by atoms with Crippen molar-refractivity contribution in [1.82, 2.24) is 5.06 Å². The average molecular weight is 391 g/mol. The van der Waals surface area contributed by atoms with E-state index in [-0.39, 0.29) is 27.9 Å². The van der Waals surface area contributed by atoms with Crippen LogP contribution in [0.15, 0.2) is 22.0 Å². The van der Waals surface area contributed by atoms with Gasteiger partial charge in [-0.2, -0.15) is 4.99 Å². The van der Waals surface area contributed by atoms with Crippen LogP contribution in [-0.4, -0.2) is 32.5 Å². The molecule has 1 aromatic carbocycles. The monoisotopic (exact) mass is 390 g/mol. The molecule has 0 atom stereocenters. The van der Waals surface area contributed by atoms with E-state index in [0.29, 0.717) is 10.7 Å². The van der Waals surface area contributed by atoms with Crippen molar-refractivity contribution >= 4 is 28.9 Å². The molecule has 27 heavy (non-hydrogen) atoms. The van der Waals surface area contributed by atoms with E-state index in [1.54, 1.807) is 6.08 Å². The largest absolute Gasteiger partial charge is 0.507 e. The lowest BCUT2D eigenvalue weighted by Gasteiger charge is -2.28. The molecule has 1 aromatic rings. The van der Waals surface area contributed by atoms with E-state index in [1.807, 2.05) is 67.5 Å². The van der Waals surface area contributed by atoms with Crippen LogP contribution in [0.1, 0.15) is 72.1 Å². The maximum Gasteiger partial charge on any atom is 0.286 e. The highest BCUT2D eigenvalue weighted by molar-refractivity contribution is 8.18. The molecular weight excluding hydrogens is 360 g/mol. The summed E-state index contributed by atoms with van der Waals surface area (Å²) < 4.78 is 0. The van der Waals surface area contributed by atoms with Gasteiger partial charge >= 0.3 is 0 Å². The Morgan fingerprint density at radius 1 is 1.07 bits per heavy atom. The predicted octanol–water partition coefficient (Wildman–Crippen LogP) is 5.06. The molecular formula is C21H30N2O3S.